The van der Waals surface area contributed by atoms with Gasteiger partial charge in [0.25, 0.3) is 0 Å². The number of hydrogen-bond donors (Lipinski definition) is 0. The maximum atomic E-state index is 11.4. The zero-order valence-electron chi connectivity index (χ0n) is 9.55. The van der Waals surface area contributed by atoms with Crippen LogP contribution in [0.5, 0.6) is 0 Å². The number of hydrogen-bond acceptors (Lipinski definition) is 4. The number of halogens is 2. The summed E-state index contributed by atoms with van der Waals surface area (Å²) in [6.45, 7) is 0.163. The third kappa shape index (κ3) is 4.95. The van der Waals surface area contributed by atoms with Crippen molar-refractivity contribution in [1.29, 1.82) is 0 Å². The van der Waals surface area contributed by atoms with Crippen molar-refractivity contribution in [1.82, 2.24) is 0 Å². The summed E-state index contributed by atoms with van der Waals surface area (Å²) in [6.07, 6.45) is 4.67. The van der Waals surface area contributed by atoms with Crippen LogP contribution in [0.1, 0.15) is 32.1 Å². The normalized spacial score (nSPS) is 18.5. The Labute approximate surface area is 118 Å². The topological polar surface area (TPSA) is 52.6 Å². The molecule has 0 atom stereocenters. The quantitative estimate of drug-likeness (QED) is 0.550. The van der Waals surface area contributed by atoms with Crippen LogP contribution in [0.2, 0.25) is 0 Å². The van der Waals surface area contributed by atoms with Crippen LogP contribution < -0.4 is 0 Å². The molecule has 0 saturated heterocycles. The van der Waals surface area contributed by atoms with E-state index in [1.54, 1.807) is 0 Å². The van der Waals surface area contributed by atoms with E-state index < -0.39 is 5.60 Å². The summed E-state index contributed by atoms with van der Waals surface area (Å²) in [7, 11) is 0. The molecule has 1 fully saturated rings. The van der Waals surface area contributed by atoms with Crippen molar-refractivity contribution < 1.29 is 19.1 Å². The lowest BCUT2D eigenvalue weighted by Gasteiger charge is -2.35. The highest BCUT2D eigenvalue weighted by Crippen LogP contribution is 2.32. The first-order valence-corrected chi connectivity index (χ1v) is 7.85. The highest BCUT2D eigenvalue weighted by molar-refractivity contribution is 9.09. The number of rotatable bonds is 5. The van der Waals surface area contributed by atoms with Gasteiger partial charge in [0.2, 0.25) is 0 Å². The molecule has 0 spiro atoms. The van der Waals surface area contributed by atoms with Crippen molar-refractivity contribution in [2.45, 2.75) is 37.7 Å². The molecule has 0 aromatic carbocycles. The molecule has 1 aliphatic rings. The lowest BCUT2D eigenvalue weighted by molar-refractivity contribution is -0.173. The minimum absolute atomic E-state index is 0.162. The van der Waals surface area contributed by atoms with Gasteiger partial charge in [-0.25, -0.2) is 0 Å². The molecule has 0 N–H and O–H groups in total. The second kappa shape index (κ2) is 7.36. The predicted octanol–water partition coefficient (Wildman–Crippen LogP) is 2.57. The molecule has 98 valence electrons. The van der Waals surface area contributed by atoms with Gasteiger partial charge in [-0.2, -0.15) is 0 Å². The van der Waals surface area contributed by atoms with E-state index in [0.29, 0.717) is 0 Å². The van der Waals surface area contributed by atoms with Gasteiger partial charge in [0.15, 0.2) is 0 Å². The van der Waals surface area contributed by atoms with Gasteiger partial charge in [-0.3, -0.25) is 9.59 Å². The fourth-order valence-corrected chi connectivity index (χ4v) is 2.27. The van der Waals surface area contributed by atoms with Crippen molar-refractivity contribution in [2.75, 3.05) is 17.3 Å². The number of carbonyl (C=O) groups is 2. The predicted molar refractivity (Wildman–Crippen MR) is 70.5 cm³/mol. The molecule has 1 aliphatic carbocycles. The molecule has 0 heterocycles. The molecule has 0 aromatic rings. The molecular weight excluding hydrogens is 356 g/mol. The van der Waals surface area contributed by atoms with Crippen LogP contribution in [0.4, 0.5) is 0 Å². The van der Waals surface area contributed by atoms with Gasteiger partial charge in [-0.05, 0) is 25.7 Å². The molecule has 0 bridgehead atoms. The molecule has 0 amide bonds. The second-order valence-corrected chi connectivity index (χ2v) is 5.27. The van der Waals surface area contributed by atoms with Crippen molar-refractivity contribution in [3.8, 4) is 0 Å². The molecule has 6 heteroatoms. The summed E-state index contributed by atoms with van der Waals surface area (Å²) in [5, 5.41) is 0.330. The summed E-state index contributed by atoms with van der Waals surface area (Å²) in [6, 6.07) is 0. The summed E-state index contributed by atoms with van der Waals surface area (Å²) in [4.78, 5) is 22.5. The largest absolute Gasteiger partial charge is 0.461 e. The smallest absolute Gasteiger partial charge is 0.317 e. The van der Waals surface area contributed by atoms with E-state index in [2.05, 4.69) is 31.9 Å². The average Bonchev–Trinajstić information content (AvgIpc) is 2.37. The Morgan fingerprint density at radius 3 is 2.12 bits per heavy atom. The molecule has 1 saturated carbocycles. The van der Waals surface area contributed by atoms with Gasteiger partial charge in [0.05, 0.1) is 0 Å². The van der Waals surface area contributed by atoms with Gasteiger partial charge >= 0.3 is 11.9 Å². The highest BCUT2D eigenvalue weighted by Gasteiger charge is 2.37. The number of carbonyl (C=O) groups excluding carboxylic acids is 2. The molecule has 0 aromatic heterocycles. The minimum atomic E-state index is -0.610. The average molecular weight is 372 g/mol. The van der Waals surface area contributed by atoms with Gasteiger partial charge in [-0.15, -0.1) is 0 Å². The van der Waals surface area contributed by atoms with Crippen molar-refractivity contribution >= 4 is 43.8 Å². The van der Waals surface area contributed by atoms with E-state index in [0.717, 1.165) is 32.1 Å². The van der Waals surface area contributed by atoms with Gasteiger partial charge in [0, 0.05) is 0 Å². The number of esters is 2. The lowest BCUT2D eigenvalue weighted by Crippen LogP contribution is -2.42. The molecule has 1 rings (SSSR count). The standard InChI is InChI=1S/C11H16Br2O4/c12-6-9(14)16-8-11(17-10(15)7-13)4-2-1-3-5-11/h1-8H2. The van der Waals surface area contributed by atoms with Crippen LogP contribution in [0, 0.1) is 0 Å². The molecular formula is C11H16Br2O4. The van der Waals surface area contributed by atoms with Crippen molar-refractivity contribution in [3.63, 3.8) is 0 Å². The molecule has 17 heavy (non-hydrogen) atoms. The van der Waals surface area contributed by atoms with Gasteiger partial charge < -0.3 is 9.47 Å². The van der Waals surface area contributed by atoms with E-state index in [1.165, 1.54) is 0 Å². The highest BCUT2D eigenvalue weighted by atomic mass is 79.9. The third-order valence-electron chi connectivity index (χ3n) is 2.81. The van der Waals surface area contributed by atoms with Crippen molar-refractivity contribution in [3.05, 3.63) is 0 Å². The number of alkyl halides is 2. The molecule has 0 aliphatic heterocycles. The Bertz CT molecular complexity index is 275. The van der Waals surface area contributed by atoms with Crippen LogP contribution in [0.25, 0.3) is 0 Å². The Kier molecular flexibility index (Phi) is 6.48. The Balaban J connectivity index is 2.57. The van der Waals surface area contributed by atoms with E-state index in [-0.39, 0.29) is 29.2 Å². The van der Waals surface area contributed by atoms with Crippen LogP contribution in [-0.2, 0) is 19.1 Å². The zero-order chi connectivity index (χ0) is 12.7. The minimum Gasteiger partial charge on any atom is -0.461 e. The first-order valence-electron chi connectivity index (χ1n) is 5.61. The summed E-state index contributed by atoms with van der Waals surface area (Å²) >= 11 is 6.10. The van der Waals surface area contributed by atoms with E-state index in [9.17, 15) is 9.59 Å². The summed E-state index contributed by atoms with van der Waals surface area (Å²) in [5.74, 6) is -0.633. The SMILES string of the molecule is O=C(CBr)OCC1(OC(=O)CBr)CCCCC1. The van der Waals surface area contributed by atoms with Crippen LogP contribution in [-0.4, -0.2) is 34.8 Å². The number of ether oxygens (including phenoxy) is 2. The van der Waals surface area contributed by atoms with Gasteiger partial charge in [-0.1, -0.05) is 38.3 Å². The summed E-state index contributed by atoms with van der Waals surface area (Å²) in [5.41, 5.74) is -0.610. The Morgan fingerprint density at radius 2 is 1.59 bits per heavy atom. The fraction of sp³-hybridized carbons (Fsp3) is 0.818. The van der Waals surface area contributed by atoms with Crippen LogP contribution in [0.3, 0.4) is 0 Å². The van der Waals surface area contributed by atoms with Crippen LogP contribution >= 0.6 is 31.9 Å². The second-order valence-electron chi connectivity index (χ2n) is 4.15. The maximum absolute atomic E-state index is 11.4. The third-order valence-corrected chi connectivity index (χ3v) is 3.73. The molecule has 4 nitrogen and oxygen atoms in total. The monoisotopic (exact) mass is 370 g/mol. The van der Waals surface area contributed by atoms with E-state index in [4.69, 9.17) is 9.47 Å². The fourth-order valence-electron chi connectivity index (χ4n) is 1.99. The van der Waals surface area contributed by atoms with E-state index in [1.807, 2.05) is 0 Å². The molecule has 0 unspecified atom stereocenters. The van der Waals surface area contributed by atoms with Gasteiger partial charge in [0.1, 0.15) is 22.9 Å². The lowest BCUT2D eigenvalue weighted by atomic mass is 9.85. The summed E-state index contributed by atoms with van der Waals surface area (Å²) < 4.78 is 10.5. The van der Waals surface area contributed by atoms with E-state index >= 15 is 0 Å². The first kappa shape index (κ1) is 15.0. The Morgan fingerprint density at radius 1 is 1.00 bits per heavy atom. The molecule has 0 radical (unpaired) electrons. The Hall–Kier alpha value is -0.100. The van der Waals surface area contributed by atoms with Crippen molar-refractivity contribution in [2.24, 2.45) is 0 Å². The first-order chi connectivity index (χ1) is 8.12. The van der Waals surface area contributed by atoms with Crippen LogP contribution in [0.15, 0.2) is 0 Å². The maximum Gasteiger partial charge on any atom is 0.317 e. The zero-order valence-corrected chi connectivity index (χ0v) is 12.7.